The van der Waals surface area contributed by atoms with Gasteiger partial charge in [0.2, 0.25) is 0 Å². The summed E-state index contributed by atoms with van der Waals surface area (Å²) in [5.74, 6) is 0.660. The van der Waals surface area contributed by atoms with Gasteiger partial charge in [-0.15, -0.1) is 16.9 Å². The lowest BCUT2D eigenvalue weighted by molar-refractivity contribution is -0.137. The van der Waals surface area contributed by atoms with E-state index in [1.165, 1.54) is 23.9 Å². The number of hydrogen-bond donors (Lipinski definition) is 0. The van der Waals surface area contributed by atoms with Crippen LogP contribution in [0.15, 0.2) is 47.4 Å². The van der Waals surface area contributed by atoms with E-state index in [1.54, 1.807) is 4.68 Å². The molecule has 0 aliphatic heterocycles. The number of aryl methyl sites for hydroxylation is 1. The Kier molecular flexibility index (Phi) is 5.09. The molecule has 7 heteroatoms. The number of halogens is 3. The van der Waals surface area contributed by atoms with Crippen molar-refractivity contribution in [3.05, 3.63) is 59.3 Å². The Morgan fingerprint density at radius 3 is 2.35 bits per heavy atom. The lowest BCUT2D eigenvalue weighted by atomic mass is 10.1. The Labute approximate surface area is 154 Å². The molecule has 3 nitrogen and oxygen atoms in total. The van der Waals surface area contributed by atoms with Crippen LogP contribution in [0.1, 0.15) is 23.7 Å². The standard InChI is InChI=1S/C19H18F3N3S/c1-4-26-17-11-15(19(20,21)22)9-10-16(17)25-13(3)18(23-24-25)14-7-5-12(2)6-8-14/h5-11H,4H2,1-3H3. The molecule has 0 saturated heterocycles. The summed E-state index contributed by atoms with van der Waals surface area (Å²) in [4.78, 5) is 0.533. The zero-order valence-electron chi connectivity index (χ0n) is 14.6. The quantitative estimate of drug-likeness (QED) is 0.548. The van der Waals surface area contributed by atoms with Crippen LogP contribution in [0, 0.1) is 13.8 Å². The lowest BCUT2D eigenvalue weighted by Gasteiger charge is -2.13. The molecule has 0 unspecified atom stereocenters. The van der Waals surface area contributed by atoms with Crippen molar-refractivity contribution in [2.75, 3.05) is 5.75 Å². The third-order valence-corrected chi connectivity index (χ3v) is 4.96. The Hall–Kier alpha value is -2.28. The van der Waals surface area contributed by atoms with Gasteiger partial charge in [0, 0.05) is 10.5 Å². The van der Waals surface area contributed by atoms with Crippen molar-refractivity contribution in [2.45, 2.75) is 31.8 Å². The third kappa shape index (κ3) is 3.62. The summed E-state index contributed by atoms with van der Waals surface area (Å²) < 4.78 is 40.7. The van der Waals surface area contributed by atoms with Crippen molar-refractivity contribution in [1.82, 2.24) is 15.0 Å². The van der Waals surface area contributed by atoms with Crippen LogP contribution in [-0.4, -0.2) is 20.7 Å². The zero-order chi connectivity index (χ0) is 18.9. The minimum absolute atomic E-state index is 0.533. The van der Waals surface area contributed by atoms with Gasteiger partial charge >= 0.3 is 6.18 Å². The molecule has 0 aliphatic rings. The van der Waals surface area contributed by atoms with Crippen LogP contribution in [0.4, 0.5) is 13.2 Å². The van der Waals surface area contributed by atoms with Gasteiger partial charge in [-0.1, -0.05) is 42.0 Å². The van der Waals surface area contributed by atoms with Crippen molar-refractivity contribution in [3.63, 3.8) is 0 Å². The van der Waals surface area contributed by atoms with Gasteiger partial charge in [0.1, 0.15) is 5.69 Å². The molecule has 0 amide bonds. The van der Waals surface area contributed by atoms with Gasteiger partial charge in [-0.25, -0.2) is 4.68 Å². The number of alkyl halides is 3. The van der Waals surface area contributed by atoms with Gasteiger partial charge in [0.25, 0.3) is 0 Å². The molecular formula is C19H18F3N3S. The van der Waals surface area contributed by atoms with E-state index in [1.807, 2.05) is 45.0 Å². The van der Waals surface area contributed by atoms with Gasteiger partial charge in [0.05, 0.1) is 16.9 Å². The fourth-order valence-electron chi connectivity index (χ4n) is 2.67. The Morgan fingerprint density at radius 2 is 1.73 bits per heavy atom. The average Bonchev–Trinajstić information content (AvgIpc) is 2.96. The molecule has 0 spiro atoms. The van der Waals surface area contributed by atoms with Gasteiger partial charge in [-0.3, -0.25) is 0 Å². The smallest absolute Gasteiger partial charge is 0.216 e. The fraction of sp³-hybridized carbons (Fsp3) is 0.263. The number of benzene rings is 2. The lowest BCUT2D eigenvalue weighted by Crippen LogP contribution is -2.07. The van der Waals surface area contributed by atoms with Crippen LogP contribution < -0.4 is 0 Å². The maximum absolute atomic E-state index is 13.0. The van der Waals surface area contributed by atoms with E-state index < -0.39 is 11.7 Å². The molecule has 2 aromatic carbocycles. The zero-order valence-corrected chi connectivity index (χ0v) is 15.4. The molecule has 1 heterocycles. The molecule has 0 radical (unpaired) electrons. The molecule has 3 rings (SSSR count). The van der Waals surface area contributed by atoms with E-state index in [-0.39, 0.29) is 0 Å². The van der Waals surface area contributed by atoms with Crippen molar-refractivity contribution >= 4 is 11.8 Å². The topological polar surface area (TPSA) is 30.7 Å². The molecule has 0 N–H and O–H groups in total. The highest BCUT2D eigenvalue weighted by Gasteiger charge is 2.31. The average molecular weight is 377 g/mol. The second-order valence-corrected chi connectivity index (χ2v) is 7.22. The molecule has 0 aliphatic carbocycles. The number of aromatic nitrogens is 3. The second-order valence-electron chi connectivity index (χ2n) is 5.91. The van der Waals surface area contributed by atoms with Gasteiger partial charge in [-0.2, -0.15) is 13.2 Å². The summed E-state index contributed by atoms with van der Waals surface area (Å²) in [5, 5.41) is 8.44. The number of thioether (sulfide) groups is 1. The number of nitrogens with zero attached hydrogens (tertiary/aromatic N) is 3. The molecule has 136 valence electrons. The summed E-state index contributed by atoms with van der Waals surface area (Å²) in [6.45, 7) is 5.78. The largest absolute Gasteiger partial charge is 0.416 e. The maximum Gasteiger partial charge on any atom is 0.416 e. The van der Waals surface area contributed by atoms with E-state index in [9.17, 15) is 13.2 Å². The predicted octanol–water partition coefficient (Wildman–Crippen LogP) is 5.68. The van der Waals surface area contributed by atoms with E-state index in [4.69, 9.17) is 0 Å². The van der Waals surface area contributed by atoms with Crippen molar-refractivity contribution < 1.29 is 13.2 Å². The summed E-state index contributed by atoms with van der Waals surface area (Å²) >= 11 is 1.35. The Bertz CT molecular complexity index is 915. The third-order valence-electron chi connectivity index (χ3n) is 4.03. The normalized spacial score (nSPS) is 11.8. The van der Waals surface area contributed by atoms with Gasteiger partial charge in [-0.05, 0) is 37.8 Å². The van der Waals surface area contributed by atoms with E-state index >= 15 is 0 Å². The summed E-state index contributed by atoms with van der Waals surface area (Å²) in [5.41, 5.74) is 3.52. The Balaban J connectivity index is 2.08. The first-order chi connectivity index (χ1) is 12.3. The van der Waals surface area contributed by atoms with Crippen LogP contribution in [0.2, 0.25) is 0 Å². The van der Waals surface area contributed by atoms with Gasteiger partial charge < -0.3 is 0 Å². The molecule has 3 aromatic rings. The first kappa shape index (κ1) is 18.5. The first-order valence-electron chi connectivity index (χ1n) is 8.15. The summed E-state index contributed by atoms with van der Waals surface area (Å²) in [6.07, 6.45) is -4.37. The minimum atomic E-state index is -4.37. The van der Waals surface area contributed by atoms with Crippen LogP contribution in [0.25, 0.3) is 16.9 Å². The van der Waals surface area contributed by atoms with Gasteiger partial charge in [0.15, 0.2) is 0 Å². The Morgan fingerprint density at radius 1 is 1.04 bits per heavy atom. The molecular weight excluding hydrogens is 359 g/mol. The monoisotopic (exact) mass is 377 g/mol. The van der Waals surface area contributed by atoms with Crippen molar-refractivity contribution in [1.29, 1.82) is 0 Å². The van der Waals surface area contributed by atoms with Crippen LogP contribution in [0.5, 0.6) is 0 Å². The number of hydrogen-bond acceptors (Lipinski definition) is 3. The SMILES string of the molecule is CCSc1cc(C(F)(F)F)ccc1-n1nnc(-c2ccc(C)cc2)c1C. The van der Waals surface area contributed by atoms with E-state index in [0.717, 1.165) is 28.6 Å². The minimum Gasteiger partial charge on any atom is -0.216 e. The molecule has 0 atom stereocenters. The molecule has 0 bridgehead atoms. The van der Waals surface area contributed by atoms with E-state index in [2.05, 4.69) is 10.3 Å². The second kappa shape index (κ2) is 7.15. The molecule has 0 fully saturated rings. The molecule has 26 heavy (non-hydrogen) atoms. The highest BCUT2D eigenvalue weighted by Crippen LogP contribution is 2.35. The number of rotatable bonds is 4. The maximum atomic E-state index is 13.0. The first-order valence-corrected chi connectivity index (χ1v) is 9.13. The highest BCUT2D eigenvalue weighted by molar-refractivity contribution is 7.99. The van der Waals surface area contributed by atoms with Crippen LogP contribution >= 0.6 is 11.8 Å². The van der Waals surface area contributed by atoms with E-state index in [0.29, 0.717) is 16.3 Å². The molecule has 1 aromatic heterocycles. The molecule has 0 saturated carbocycles. The predicted molar refractivity (Wildman–Crippen MR) is 97.7 cm³/mol. The highest BCUT2D eigenvalue weighted by atomic mass is 32.2. The fourth-order valence-corrected chi connectivity index (χ4v) is 3.50. The summed E-state index contributed by atoms with van der Waals surface area (Å²) in [7, 11) is 0. The van der Waals surface area contributed by atoms with Crippen molar-refractivity contribution in [2.24, 2.45) is 0 Å². The summed E-state index contributed by atoms with van der Waals surface area (Å²) in [6, 6.07) is 11.6. The van der Waals surface area contributed by atoms with Crippen LogP contribution in [-0.2, 0) is 6.18 Å². The van der Waals surface area contributed by atoms with Crippen molar-refractivity contribution in [3.8, 4) is 16.9 Å². The van der Waals surface area contributed by atoms with Crippen LogP contribution in [0.3, 0.4) is 0 Å².